The first-order chi connectivity index (χ1) is 15.4. The van der Waals surface area contributed by atoms with E-state index in [0.29, 0.717) is 28.1 Å². The zero-order chi connectivity index (χ0) is 22.4. The third-order valence-electron chi connectivity index (χ3n) is 5.52. The SMILES string of the molecule is Cc1ccc2nc(C)cc(NC(=O)c3ccc(N4C(=O)c5ccccc5C4=O)cc3)c2c1. The number of rotatable bonds is 3. The van der Waals surface area contributed by atoms with E-state index < -0.39 is 0 Å². The van der Waals surface area contributed by atoms with Crippen LogP contribution in [-0.4, -0.2) is 22.7 Å². The van der Waals surface area contributed by atoms with Crippen LogP contribution in [0.4, 0.5) is 11.4 Å². The Bertz CT molecular complexity index is 1390. The van der Waals surface area contributed by atoms with Crippen LogP contribution in [0.1, 0.15) is 42.3 Å². The lowest BCUT2D eigenvalue weighted by Gasteiger charge is -2.15. The van der Waals surface area contributed by atoms with E-state index in [4.69, 9.17) is 0 Å². The van der Waals surface area contributed by atoms with Crippen molar-refractivity contribution in [3.05, 3.63) is 101 Å². The number of carbonyl (C=O) groups is 3. The summed E-state index contributed by atoms with van der Waals surface area (Å²) in [5.41, 5.74) is 4.98. The molecule has 32 heavy (non-hydrogen) atoms. The number of nitrogens with one attached hydrogen (secondary N) is 1. The van der Waals surface area contributed by atoms with Crippen LogP contribution in [0, 0.1) is 13.8 Å². The van der Waals surface area contributed by atoms with Crippen LogP contribution in [0.5, 0.6) is 0 Å². The minimum atomic E-state index is -0.364. The van der Waals surface area contributed by atoms with Gasteiger partial charge in [0.1, 0.15) is 0 Å². The number of anilines is 2. The molecule has 0 spiro atoms. The van der Waals surface area contributed by atoms with E-state index in [1.165, 1.54) is 0 Å². The molecule has 6 nitrogen and oxygen atoms in total. The van der Waals surface area contributed by atoms with Gasteiger partial charge in [0, 0.05) is 16.6 Å². The maximum atomic E-state index is 12.9. The van der Waals surface area contributed by atoms with Crippen LogP contribution in [0.25, 0.3) is 10.9 Å². The summed E-state index contributed by atoms with van der Waals surface area (Å²) >= 11 is 0. The van der Waals surface area contributed by atoms with E-state index in [-0.39, 0.29) is 17.7 Å². The Morgan fingerprint density at radius 2 is 1.50 bits per heavy atom. The molecule has 0 unspecified atom stereocenters. The number of benzene rings is 3. The van der Waals surface area contributed by atoms with Gasteiger partial charge in [-0.3, -0.25) is 19.4 Å². The predicted octanol–water partition coefficient (Wildman–Crippen LogP) is 4.90. The van der Waals surface area contributed by atoms with Gasteiger partial charge in [0.15, 0.2) is 0 Å². The van der Waals surface area contributed by atoms with Gasteiger partial charge in [-0.15, -0.1) is 0 Å². The highest BCUT2D eigenvalue weighted by Crippen LogP contribution is 2.29. The van der Waals surface area contributed by atoms with E-state index in [1.54, 1.807) is 48.5 Å². The molecule has 0 fully saturated rings. The van der Waals surface area contributed by atoms with Crippen molar-refractivity contribution in [3.63, 3.8) is 0 Å². The second-order valence-electron chi connectivity index (χ2n) is 7.82. The Morgan fingerprint density at radius 3 is 2.16 bits per heavy atom. The smallest absolute Gasteiger partial charge is 0.266 e. The molecule has 4 aromatic rings. The number of carbonyl (C=O) groups excluding carboxylic acids is 3. The molecular formula is C26H19N3O3. The molecule has 0 saturated heterocycles. The minimum Gasteiger partial charge on any atom is -0.321 e. The molecule has 3 aromatic carbocycles. The van der Waals surface area contributed by atoms with Crippen molar-refractivity contribution in [1.29, 1.82) is 0 Å². The molecule has 1 aromatic heterocycles. The van der Waals surface area contributed by atoms with Gasteiger partial charge >= 0.3 is 0 Å². The summed E-state index contributed by atoms with van der Waals surface area (Å²) in [5.74, 6) is -1.01. The van der Waals surface area contributed by atoms with Gasteiger partial charge in [-0.25, -0.2) is 4.90 Å². The fraction of sp³-hybridized carbons (Fsp3) is 0.0769. The number of pyridine rings is 1. The van der Waals surface area contributed by atoms with Gasteiger partial charge in [-0.05, 0) is 68.4 Å². The molecule has 0 bridgehead atoms. The van der Waals surface area contributed by atoms with Crippen molar-refractivity contribution in [2.45, 2.75) is 13.8 Å². The molecule has 0 radical (unpaired) electrons. The number of nitrogens with zero attached hydrogens (tertiary/aromatic N) is 2. The fourth-order valence-corrected chi connectivity index (χ4v) is 3.96. The van der Waals surface area contributed by atoms with Crippen LogP contribution in [0.3, 0.4) is 0 Å². The molecule has 5 rings (SSSR count). The number of aryl methyl sites for hydroxylation is 2. The van der Waals surface area contributed by atoms with E-state index in [0.717, 1.165) is 27.1 Å². The largest absolute Gasteiger partial charge is 0.321 e. The van der Waals surface area contributed by atoms with E-state index in [1.807, 2.05) is 38.1 Å². The highest BCUT2D eigenvalue weighted by atomic mass is 16.2. The van der Waals surface area contributed by atoms with Crippen molar-refractivity contribution < 1.29 is 14.4 Å². The molecule has 6 heteroatoms. The van der Waals surface area contributed by atoms with Crippen LogP contribution in [0.2, 0.25) is 0 Å². The lowest BCUT2D eigenvalue weighted by Crippen LogP contribution is -2.29. The molecule has 2 heterocycles. The van der Waals surface area contributed by atoms with Crippen molar-refractivity contribution in [3.8, 4) is 0 Å². The Kier molecular flexibility index (Phi) is 4.56. The zero-order valence-corrected chi connectivity index (χ0v) is 17.5. The minimum absolute atomic E-state index is 0.285. The van der Waals surface area contributed by atoms with Gasteiger partial charge in [-0.1, -0.05) is 23.8 Å². The summed E-state index contributed by atoms with van der Waals surface area (Å²) in [6.45, 7) is 3.87. The molecule has 3 amide bonds. The van der Waals surface area contributed by atoms with Crippen LogP contribution < -0.4 is 10.2 Å². The summed E-state index contributed by atoms with van der Waals surface area (Å²) in [6, 6.07) is 20.9. The molecule has 0 saturated carbocycles. The second kappa shape index (κ2) is 7.42. The van der Waals surface area contributed by atoms with Crippen LogP contribution >= 0.6 is 0 Å². The van der Waals surface area contributed by atoms with Gasteiger partial charge in [-0.2, -0.15) is 0 Å². The Labute approximate surface area is 184 Å². The molecular weight excluding hydrogens is 402 g/mol. The molecule has 1 aliphatic heterocycles. The third kappa shape index (κ3) is 3.22. The van der Waals surface area contributed by atoms with E-state index in [9.17, 15) is 14.4 Å². The van der Waals surface area contributed by atoms with E-state index >= 15 is 0 Å². The van der Waals surface area contributed by atoms with Crippen LogP contribution in [-0.2, 0) is 0 Å². The standard InChI is InChI=1S/C26H19N3O3/c1-15-7-12-22-21(13-15)23(14-16(2)27-22)28-24(30)17-8-10-18(11-9-17)29-25(31)19-5-3-4-6-20(19)26(29)32/h3-14H,1-2H3,(H,27,28,30). The maximum absolute atomic E-state index is 12.9. The monoisotopic (exact) mass is 421 g/mol. The van der Waals surface area contributed by atoms with Gasteiger partial charge in [0.25, 0.3) is 17.7 Å². The fourth-order valence-electron chi connectivity index (χ4n) is 3.96. The maximum Gasteiger partial charge on any atom is 0.266 e. The van der Waals surface area contributed by atoms with Crippen molar-refractivity contribution >= 4 is 40.0 Å². The zero-order valence-electron chi connectivity index (χ0n) is 17.5. The average molecular weight is 421 g/mol. The predicted molar refractivity (Wildman–Crippen MR) is 123 cm³/mol. The lowest BCUT2D eigenvalue weighted by molar-refractivity contribution is 0.0925. The van der Waals surface area contributed by atoms with Gasteiger partial charge in [0.05, 0.1) is 28.0 Å². The lowest BCUT2D eigenvalue weighted by atomic mass is 10.1. The first-order valence-electron chi connectivity index (χ1n) is 10.2. The molecule has 1 N–H and O–H groups in total. The van der Waals surface area contributed by atoms with Crippen LogP contribution in [0.15, 0.2) is 72.8 Å². The molecule has 0 atom stereocenters. The number of hydrogen-bond acceptors (Lipinski definition) is 4. The number of aromatic nitrogens is 1. The summed E-state index contributed by atoms with van der Waals surface area (Å²) in [6.07, 6.45) is 0. The summed E-state index contributed by atoms with van der Waals surface area (Å²) < 4.78 is 0. The van der Waals surface area contributed by atoms with Crippen molar-refractivity contribution in [1.82, 2.24) is 4.98 Å². The number of fused-ring (bicyclic) bond motifs is 2. The van der Waals surface area contributed by atoms with E-state index in [2.05, 4.69) is 10.3 Å². The highest BCUT2D eigenvalue weighted by molar-refractivity contribution is 6.34. The third-order valence-corrected chi connectivity index (χ3v) is 5.52. The van der Waals surface area contributed by atoms with Crippen molar-refractivity contribution in [2.24, 2.45) is 0 Å². The topological polar surface area (TPSA) is 79.4 Å². The number of hydrogen-bond donors (Lipinski definition) is 1. The average Bonchev–Trinajstić information content (AvgIpc) is 3.04. The number of amides is 3. The van der Waals surface area contributed by atoms with Crippen molar-refractivity contribution in [2.75, 3.05) is 10.2 Å². The number of imide groups is 1. The van der Waals surface area contributed by atoms with Gasteiger partial charge in [0.2, 0.25) is 0 Å². The molecule has 0 aliphatic carbocycles. The Balaban J connectivity index is 1.42. The second-order valence-corrected chi connectivity index (χ2v) is 7.82. The first kappa shape index (κ1) is 19.6. The Morgan fingerprint density at radius 1 is 0.844 bits per heavy atom. The Hall–Kier alpha value is -4.32. The first-order valence-corrected chi connectivity index (χ1v) is 10.2. The summed E-state index contributed by atoms with van der Waals surface area (Å²) in [4.78, 5) is 43.9. The highest BCUT2D eigenvalue weighted by Gasteiger charge is 2.36. The molecule has 156 valence electrons. The quantitative estimate of drug-likeness (QED) is 0.477. The normalized spacial score (nSPS) is 12.9. The van der Waals surface area contributed by atoms with Gasteiger partial charge < -0.3 is 5.32 Å². The summed E-state index contributed by atoms with van der Waals surface area (Å²) in [5, 5.41) is 3.83. The summed E-state index contributed by atoms with van der Waals surface area (Å²) in [7, 11) is 0. The molecule has 1 aliphatic rings.